The number of ether oxygens (including phenoxy) is 1. The first-order valence-electron chi connectivity index (χ1n) is 10.2. The molecule has 0 unspecified atom stereocenters. The molecule has 0 spiro atoms. The molecule has 0 N–H and O–H groups in total. The number of aromatic nitrogens is 2. The summed E-state index contributed by atoms with van der Waals surface area (Å²) in [7, 11) is 0. The molecule has 0 aliphatic carbocycles. The van der Waals surface area contributed by atoms with Gasteiger partial charge >= 0.3 is 5.97 Å². The van der Waals surface area contributed by atoms with Crippen LogP contribution in [-0.4, -0.2) is 20.7 Å². The van der Waals surface area contributed by atoms with Crippen LogP contribution in [0.25, 0.3) is 5.69 Å². The molecule has 0 aliphatic heterocycles. The van der Waals surface area contributed by atoms with Crippen molar-refractivity contribution in [3.63, 3.8) is 0 Å². The molecule has 4 rings (SSSR count). The zero-order valence-electron chi connectivity index (χ0n) is 18.3. The third-order valence-corrected chi connectivity index (χ3v) is 6.22. The van der Waals surface area contributed by atoms with E-state index in [1.165, 1.54) is 30.0 Å². The third-order valence-electron chi connectivity index (χ3n) is 5.04. The molecule has 4 aromatic rings. The fourth-order valence-corrected chi connectivity index (χ4v) is 4.16. The van der Waals surface area contributed by atoms with E-state index < -0.39 is 10.9 Å². The fourth-order valence-electron chi connectivity index (χ4n) is 3.25. The van der Waals surface area contributed by atoms with Gasteiger partial charge in [0.05, 0.1) is 26.8 Å². The molecule has 1 heterocycles. The van der Waals surface area contributed by atoms with Gasteiger partial charge in [-0.1, -0.05) is 53.7 Å². The first kappa shape index (κ1) is 22.3. The van der Waals surface area contributed by atoms with E-state index >= 15 is 0 Å². The number of nitrogens with zero attached hydrogens (tertiary/aromatic N) is 3. The Morgan fingerprint density at radius 2 is 1.70 bits per heavy atom. The summed E-state index contributed by atoms with van der Waals surface area (Å²) in [5, 5.41) is 15.9. The molecule has 33 heavy (non-hydrogen) atoms. The lowest BCUT2D eigenvalue weighted by molar-refractivity contribution is -0.385. The molecular formula is C25H21N3O4S. The summed E-state index contributed by atoms with van der Waals surface area (Å²) in [5.74, 6) is -0.432. The molecule has 166 valence electrons. The summed E-state index contributed by atoms with van der Waals surface area (Å²) in [4.78, 5) is 25.5. The van der Waals surface area contributed by atoms with Gasteiger partial charge in [-0.2, -0.15) is 9.78 Å². The number of carbonyl (C=O) groups excluding carboxylic acids is 1. The third kappa shape index (κ3) is 4.80. The number of rotatable bonds is 6. The van der Waals surface area contributed by atoms with E-state index in [9.17, 15) is 14.9 Å². The topological polar surface area (TPSA) is 87.3 Å². The maximum atomic E-state index is 13.0. The van der Waals surface area contributed by atoms with E-state index in [4.69, 9.17) is 4.74 Å². The van der Waals surface area contributed by atoms with Crippen molar-refractivity contribution >= 4 is 23.4 Å². The fraction of sp³-hybridized carbons (Fsp3) is 0.120. The predicted molar refractivity (Wildman–Crippen MR) is 126 cm³/mol. The van der Waals surface area contributed by atoms with Crippen LogP contribution in [0.3, 0.4) is 0 Å². The average molecular weight is 460 g/mol. The summed E-state index contributed by atoms with van der Waals surface area (Å²) in [5.41, 5.74) is 3.00. The number of carbonyl (C=O) groups is 1. The molecule has 0 atom stereocenters. The van der Waals surface area contributed by atoms with E-state index in [0.717, 1.165) is 16.1 Å². The molecule has 0 saturated carbocycles. The summed E-state index contributed by atoms with van der Waals surface area (Å²) in [6.07, 6.45) is 0. The minimum absolute atomic E-state index is 0.0945. The lowest BCUT2D eigenvalue weighted by atomic mass is 10.1. The molecule has 0 fully saturated rings. The summed E-state index contributed by atoms with van der Waals surface area (Å²) >= 11 is 1.44. The normalized spacial score (nSPS) is 10.8. The highest BCUT2D eigenvalue weighted by Crippen LogP contribution is 2.39. The Kier molecular flexibility index (Phi) is 6.28. The van der Waals surface area contributed by atoms with E-state index in [1.807, 2.05) is 68.4 Å². The van der Waals surface area contributed by atoms with Crippen molar-refractivity contribution in [1.82, 2.24) is 9.78 Å². The minimum Gasteiger partial charge on any atom is -0.402 e. The smallest absolute Gasteiger partial charge is 0.345 e. The predicted octanol–water partition coefficient (Wildman–Crippen LogP) is 6.08. The van der Waals surface area contributed by atoms with Crippen LogP contribution in [0.5, 0.6) is 5.88 Å². The van der Waals surface area contributed by atoms with Gasteiger partial charge in [0.2, 0.25) is 5.88 Å². The highest BCUT2D eigenvalue weighted by molar-refractivity contribution is 7.99. The Bertz CT molecular complexity index is 1330. The van der Waals surface area contributed by atoms with Gasteiger partial charge < -0.3 is 4.74 Å². The van der Waals surface area contributed by atoms with Gasteiger partial charge in [-0.25, -0.2) is 4.79 Å². The highest BCUT2D eigenvalue weighted by atomic mass is 32.2. The lowest BCUT2D eigenvalue weighted by Crippen LogP contribution is -2.13. The monoisotopic (exact) mass is 459 g/mol. The summed E-state index contributed by atoms with van der Waals surface area (Å²) < 4.78 is 7.40. The van der Waals surface area contributed by atoms with Gasteiger partial charge in [0, 0.05) is 16.5 Å². The van der Waals surface area contributed by atoms with E-state index in [2.05, 4.69) is 5.10 Å². The van der Waals surface area contributed by atoms with Crippen LogP contribution in [0, 0.1) is 30.9 Å². The SMILES string of the molecule is Cc1ccc(Sc2c(C)nn(-c3ccccc3)c2OC(=O)c2ccc(C)c([N+](=O)[O-])c2)cc1. The van der Waals surface area contributed by atoms with Gasteiger partial charge in [0.25, 0.3) is 5.69 Å². The molecule has 1 aromatic heterocycles. The number of hydrogen-bond acceptors (Lipinski definition) is 6. The van der Waals surface area contributed by atoms with Gasteiger partial charge in [0.15, 0.2) is 0 Å². The Hall–Kier alpha value is -3.91. The van der Waals surface area contributed by atoms with Crippen molar-refractivity contribution in [3.8, 4) is 11.6 Å². The van der Waals surface area contributed by atoms with E-state index in [-0.39, 0.29) is 17.1 Å². The molecule has 0 radical (unpaired) electrons. The van der Waals surface area contributed by atoms with Crippen LogP contribution in [-0.2, 0) is 0 Å². The quantitative estimate of drug-likeness (QED) is 0.197. The lowest BCUT2D eigenvalue weighted by Gasteiger charge is -2.11. The Morgan fingerprint density at radius 1 is 1.00 bits per heavy atom. The Labute approximate surface area is 195 Å². The second kappa shape index (κ2) is 9.30. The molecule has 8 heteroatoms. The van der Waals surface area contributed by atoms with Crippen LogP contribution in [0.2, 0.25) is 0 Å². The van der Waals surface area contributed by atoms with E-state index in [1.54, 1.807) is 11.6 Å². The second-order valence-corrected chi connectivity index (χ2v) is 8.61. The van der Waals surface area contributed by atoms with Crippen molar-refractivity contribution in [1.29, 1.82) is 0 Å². The maximum Gasteiger partial charge on any atom is 0.345 e. The molecule has 7 nitrogen and oxygen atoms in total. The number of esters is 1. The zero-order valence-corrected chi connectivity index (χ0v) is 19.1. The van der Waals surface area contributed by atoms with Crippen LogP contribution in [0.15, 0.2) is 82.6 Å². The van der Waals surface area contributed by atoms with Gasteiger partial charge in [0.1, 0.15) is 0 Å². The molecule has 3 aromatic carbocycles. The van der Waals surface area contributed by atoms with Crippen LogP contribution < -0.4 is 4.74 Å². The van der Waals surface area contributed by atoms with Crippen molar-refractivity contribution in [2.24, 2.45) is 0 Å². The molecule has 0 bridgehead atoms. The number of nitro benzene ring substituents is 1. The highest BCUT2D eigenvalue weighted by Gasteiger charge is 2.24. The standard InChI is InChI=1S/C25H21N3O4S/c1-16-9-13-21(14-10-16)33-23-18(3)26-27(20-7-5-4-6-8-20)24(23)32-25(29)19-12-11-17(2)22(15-19)28(30)31/h4-15H,1-3H3. The van der Waals surface area contributed by atoms with Crippen LogP contribution in [0.1, 0.15) is 27.2 Å². The first-order chi connectivity index (χ1) is 15.8. The van der Waals surface area contributed by atoms with Crippen molar-refractivity contribution in [2.75, 3.05) is 0 Å². The number of para-hydroxylation sites is 1. The largest absolute Gasteiger partial charge is 0.402 e. The average Bonchev–Trinajstić information content (AvgIpc) is 3.11. The van der Waals surface area contributed by atoms with Gasteiger partial charge in [-0.05, 0) is 51.1 Å². The summed E-state index contributed by atoms with van der Waals surface area (Å²) in [6, 6.07) is 21.7. The van der Waals surface area contributed by atoms with E-state index in [0.29, 0.717) is 16.2 Å². The number of benzene rings is 3. The molecule has 0 saturated heterocycles. The van der Waals surface area contributed by atoms with Crippen molar-refractivity contribution in [2.45, 2.75) is 30.6 Å². The number of hydrogen-bond donors (Lipinski definition) is 0. The first-order valence-corrected chi connectivity index (χ1v) is 11.0. The zero-order chi connectivity index (χ0) is 23.5. The Balaban J connectivity index is 1.76. The molecule has 0 amide bonds. The van der Waals surface area contributed by atoms with Crippen LogP contribution >= 0.6 is 11.8 Å². The molecule has 0 aliphatic rings. The Morgan fingerprint density at radius 3 is 2.36 bits per heavy atom. The minimum atomic E-state index is -0.694. The number of aryl methyl sites for hydroxylation is 3. The van der Waals surface area contributed by atoms with Gasteiger partial charge in [-0.3, -0.25) is 10.1 Å². The molecular weight excluding hydrogens is 438 g/mol. The maximum absolute atomic E-state index is 13.0. The number of nitro groups is 1. The summed E-state index contributed by atoms with van der Waals surface area (Å²) in [6.45, 7) is 5.49. The van der Waals surface area contributed by atoms with Gasteiger partial charge in [-0.15, -0.1) is 0 Å². The van der Waals surface area contributed by atoms with Crippen molar-refractivity contribution in [3.05, 3.63) is 105 Å². The van der Waals surface area contributed by atoms with Crippen molar-refractivity contribution < 1.29 is 14.5 Å². The van der Waals surface area contributed by atoms with Crippen LogP contribution in [0.4, 0.5) is 5.69 Å². The second-order valence-electron chi connectivity index (χ2n) is 7.53.